The molecule has 1 nitrogen and oxygen atoms in total. The quantitative estimate of drug-likeness (QED) is 0.869. The molecule has 2 aromatic rings. The second kappa shape index (κ2) is 6.00. The van der Waals surface area contributed by atoms with E-state index >= 15 is 0 Å². The highest BCUT2D eigenvalue weighted by Crippen LogP contribution is 2.35. The number of thiophene rings is 1. The number of benzene rings is 1. The number of hydrogen-bond acceptors (Lipinski definition) is 2. The topological polar surface area (TPSA) is 26.0 Å². The van der Waals surface area contributed by atoms with Gasteiger partial charge in [0.1, 0.15) is 0 Å². The third-order valence-corrected chi connectivity index (χ3v) is 5.57. The van der Waals surface area contributed by atoms with Crippen molar-refractivity contribution in [3.05, 3.63) is 56.7 Å². The van der Waals surface area contributed by atoms with Crippen LogP contribution in [-0.4, -0.2) is 6.54 Å². The molecule has 2 N–H and O–H groups in total. The first-order valence-electron chi connectivity index (χ1n) is 6.19. The Kier molecular flexibility index (Phi) is 4.60. The summed E-state index contributed by atoms with van der Waals surface area (Å²) in [5.41, 5.74) is 7.50. The van der Waals surface area contributed by atoms with E-state index in [-0.39, 0.29) is 5.41 Å². The Morgan fingerprint density at radius 2 is 1.94 bits per heavy atom. The minimum absolute atomic E-state index is 0.0502. The molecule has 0 spiro atoms. The van der Waals surface area contributed by atoms with Crippen LogP contribution in [0.15, 0.2) is 46.3 Å². The average molecular weight is 324 g/mol. The fourth-order valence-corrected chi connectivity index (χ4v) is 3.95. The zero-order valence-electron chi connectivity index (χ0n) is 10.5. The van der Waals surface area contributed by atoms with Gasteiger partial charge in [0, 0.05) is 21.3 Å². The molecule has 1 aromatic carbocycles. The van der Waals surface area contributed by atoms with Crippen LogP contribution in [0.1, 0.15) is 23.8 Å². The van der Waals surface area contributed by atoms with Gasteiger partial charge >= 0.3 is 0 Å². The molecule has 0 aliphatic rings. The smallest absolute Gasteiger partial charge is 0.0314 e. The van der Waals surface area contributed by atoms with Crippen LogP contribution in [0.3, 0.4) is 0 Å². The van der Waals surface area contributed by atoms with Crippen molar-refractivity contribution in [2.45, 2.75) is 25.2 Å². The normalized spacial score (nSPS) is 14.4. The fourth-order valence-electron chi connectivity index (χ4n) is 2.32. The lowest BCUT2D eigenvalue weighted by Gasteiger charge is -2.32. The summed E-state index contributed by atoms with van der Waals surface area (Å²) in [5, 5.41) is 2.13. The maximum atomic E-state index is 6.11. The molecule has 18 heavy (non-hydrogen) atoms. The van der Waals surface area contributed by atoms with Crippen LogP contribution in [0.4, 0.5) is 0 Å². The molecule has 0 saturated carbocycles. The summed E-state index contributed by atoms with van der Waals surface area (Å²) in [5.74, 6) is 0. The zero-order valence-corrected chi connectivity index (χ0v) is 12.9. The van der Waals surface area contributed by atoms with Gasteiger partial charge in [-0.2, -0.15) is 0 Å². The number of hydrogen-bond donors (Lipinski definition) is 1. The number of halogens is 1. The van der Waals surface area contributed by atoms with Crippen LogP contribution in [0.2, 0.25) is 0 Å². The van der Waals surface area contributed by atoms with Crippen LogP contribution in [0, 0.1) is 0 Å². The van der Waals surface area contributed by atoms with Gasteiger partial charge in [0.25, 0.3) is 0 Å². The number of nitrogens with two attached hydrogens (primary N) is 1. The Balaban J connectivity index is 2.36. The van der Waals surface area contributed by atoms with E-state index in [0.29, 0.717) is 6.54 Å². The maximum absolute atomic E-state index is 6.11. The van der Waals surface area contributed by atoms with Crippen molar-refractivity contribution in [3.8, 4) is 0 Å². The minimum atomic E-state index is 0.0502. The first-order chi connectivity index (χ1) is 8.72. The second-order valence-corrected chi connectivity index (χ2v) is 6.43. The Morgan fingerprint density at radius 1 is 1.22 bits per heavy atom. The van der Waals surface area contributed by atoms with Gasteiger partial charge in [-0.1, -0.05) is 37.3 Å². The molecule has 0 amide bonds. The lowest BCUT2D eigenvalue weighted by atomic mass is 9.75. The standard InChI is InChI=1S/C15H18BrNS/c1-2-15(11-17,12-6-4-3-5-7-12)10-14-13(16)8-9-18-14/h3-9H,2,10-11,17H2,1H3. The fraction of sp³-hybridized carbons (Fsp3) is 0.333. The van der Waals surface area contributed by atoms with E-state index in [2.05, 4.69) is 64.6 Å². The Labute approximate surface area is 121 Å². The van der Waals surface area contributed by atoms with Gasteiger partial charge in [0.05, 0.1) is 0 Å². The van der Waals surface area contributed by atoms with E-state index in [0.717, 1.165) is 12.8 Å². The molecule has 1 unspecified atom stereocenters. The van der Waals surface area contributed by atoms with Gasteiger partial charge in [-0.25, -0.2) is 0 Å². The lowest BCUT2D eigenvalue weighted by molar-refractivity contribution is 0.421. The van der Waals surface area contributed by atoms with Crippen LogP contribution in [0.25, 0.3) is 0 Å². The predicted octanol–water partition coefficient (Wildman–Crippen LogP) is 4.36. The molecule has 0 aliphatic heterocycles. The molecular formula is C15H18BrNS. The molecule has 3 heteroatoms. The predicted molar refractivity (Wildman–Crippen MR) is 83.2 cm³/mol. The van der Waals surface area contributed by atoms with Crippen LogP contribution < -0.4 is 5.73 Å². The van der Waals surface area contributed by atoms with Crippen LogP contribution in [0.5, 0.6) is 0 Å². The third kappa shape index (κ3) is 2.68. The van der Waals surface area contributed by atoms with Crippen molar-refractivity contribution in [1.82, 2.24) is 0 Å². The van der Waals surface area contributed by atoms with Crippen LogP contribution >= 0.6 is 27.3 Å². The summed E-state index contributed by atoms with van der Waals surface area (Å²) < 4.78 is 1.20. The molecule has 2 rings (SSSR count). The maximum Gasteiger partial charge on any atom is 0.0314 e. The van der Waals surface area contributed by atoms with E-state index in [1.807, 2.05) is 0 Å². The SMILES string of the molecule is CCC(CN)(Cc1sccc1Br)c1ccccc1. The van der Waals surface area contributed by atoms with E-state index in [9.17, 15) is 0 Å². The van der Waals surface area contributed by atoms with Gasteiger partial charge < -0.3 is 5.73 Å². The molecule has 0 bridgehead atoms. The van der Waals surface area contributed by atoms with Gasteiger partial charge in [-0.05, 0) is 45.8 Å². The van der Waals surface area contributed by atoms with Crippen molar-refractivity contribution in [1.29, 1.82) is 0 Å². The van der Waals surface area contributed by atoms with E-state index in [4.69, 9.17) is 5.73 Å². The highest BCUT2D eigenvalue weighted by Gasteiger charge is 2.30. The zero-order chi connectivity index (χ0) is 13.0. The largest absolute Gasteiger partial charge is 0.330 e. The van der Waals surface area contributed by atoms with Crippen molar-refractivity contribution in [2.24, 2.45) is 5.73 Å². The first-order valence-corrected chi connectivity index (χ1v) is 7.86. The summed E-state index contributed by atoms with van der Waals surface area (Å²) in [6.45, 7) is 2.90. The monoisotopic (exact) mass is 323 g/mol. The first kappa shape index (κ1) is 13.8. The molecule has 1 heterocycles. The van der Waals surface area contributed by atoms with Crippen molar-refractivity contribution >= 4 is 27.3 Å². The Bertz CT molecular complexity index is 488. The second-order valence-electron chi connectivity index (χ2n) is 4.57. The van der Waals surface area contributed by atoms with E-state index in [1.165, 1.54) is 14.9 Å². The number of rotatable bonds is 5. The highest BCUT2D eigenvalue weighted by molar-refractivity contribution is 9.10. The molecular weight excluding hydrogens is 306 g/mol. The van der Waals surface area contributed by atoms with E-state index in [1.54, 1.807) is 11.3 Å². The lowest BCUT2D eigenvalue weighted by Crippen LogP contribution is -2.36. The van der Waals surface area contributed by atoms with Crippen molar-refractivity contribution < 1.29 is 0 Å². The molecule has 96 valence electrons. The summed E-state index contributed by atoms with van der Waals surface area (Å²) >= 11 is 5.42. The highest BCUT2D eigenvalue weighted by atomic mass is 79.9. The third-order valence-electron chi connectivity index (χ3n) is 3.64. The summed E-state index contributed by atoms with van der Waals surface area (Å²) in [7, 11) is 0. The Hall–Kier alpha value is -0.640. The van der Waals surface area contributed by atoms with Crippen LogP contribution in [-0.2, 0) is 11.8 Å². The molecule has 1 aromatic heterocycles. The Morgan fingerprint density at radius 3 is 2.44 bits per heavy atom. The van der Waals surface area contributed by atoms with Gasteiger partial charge in [0.2, 0.25) is 0 Å². The average Bonchev–Trinajstić information content (AvgIpc) is 2.82. The molecule has 0 aliphatic carbocycles. The molecule has 1 atom stereocenters. The molecule has 0 saturated heterocycles. The summed E-state index contributed by atoms with van der Waals surface area (Å²) in [6, 6.07) is 12.7. The van der Waals surface area contributed by atoms with Gasteiger partial charge in [-0.3, -0.25) is 0 Å². The molecule has 0 radical (unpaired) electrons. The van der Waals surface area contributed by atoms with Crippen molar-refractivity contribution in [3.63, 3.8) is 0 Å². The minimum Gasteiger partial charge on any atom is -0.330 e. The van der Waals surface area contributed by atoms with E-state index < -0.39 is 0 Å². The van der Waals surface area contributed by atoms with Gasteiger partial charge in [-0.15, -0.1) is 11.3 Å². The van der Waals surface area contributed by atoms with Gasteiger partial charge in [0.15, 0.2) is 0 Å². The summed E-state index contributed by atoms with van der Waals surface area (Å²) in [6.07, 6.45) is 2.06. The van der Waals surface area contributed by atoms with Crippen molar-refractivity contribution in [2.75, 3.05) is 6.54 Å². The molecule has 0 fully saturated rings. The summed E-state index contributed by atoms with van der Waals surface area (Å²) in [4.78, 5) is 1.38.